The first-order valence-electron chi connectivity index (χ1n) is 20.5. The van der Waals surface area contributed by atoms with Crippen molar-refractivity contribution >= 4 is 76.3 Å². The van der Waals surface area contributed by atoms with Crippen LogP contribution in [-0.2, 0) is 0 Å². The summed E-state index contributed by atoms with van der Waals surface area (Å²) in [5.74, 6) is 1.79. The van der Waals surface area contributed by atoms with Crippen LogP contribution in [0.25, 0.3) is 122 Å². The van der Waals surface area contributed by atoms with Crippen molar-refractivity contribution in [3.63, 3.8) is 0 Å². The molecule has 0 saturated carbocycles. The second-order valence-electron chi connectivity index (χ2n) is 15.6. The molecule has 0 bridgehead atoms. The summed E-state index contributed by atoms with van der Waals surface area (Å²) < 4.78 is 11.5. The monoisotopic (exact) mass is 779 g/mol. The fourth-order valence-electron chi connectivity index (χ4n) is 9.48. The van der Waals surface area contributed by atoms with Gasteiger partial charge in [-0.2, -0.15) is 0 Å². The molecule has 6 nitrogen and oxygen atoms in total. The van der Waals surface area contributed by atoms with Gasteiger partial charge in [0.2, 0.25) is 0 Å². The summed E-state index contributed by atoms with van der Waals surface area (Å²) in [4.78, 5) is 16.0. The van der Waals surface area contributed by atoms with Crippen LogP contribution in [-0.4, -0.2) is 24.1 Å². The highest BCUT2D eigenvalue weighted by Gasteiger charge is 2.24. The highest BCUT2D eigenvalue weighted by Crippen LogP contribution is 2.46. The molecule has 0 spiro atoms. The quantitative estimate of drug-likeness (QED) is 0.175. The number of furan rings is 1. The van der Waals surface area contributed by atoms with Crippen molar-refractivity contribution in [2.75, 3.05) is 0 Å². The van der Waals surface area contributed by atoms with E-state index < -0.39 is 0 Å². The smallest absolute Gasteiger partial charge is 0.164 e. The van der Waals surface area contributed by atoms with E-state index in [0.29, 0.717) is 17.5 Å². The Bertz CT molecular complexity index is 3860. The van der Waals surface area contributed by atoms with E-state index in [0.717, 1.165) is 99.0 Å². The Morgan fingerprint density at radius 3 is 1.61 bits per heavy atom. The minimum atomic E-state index is 0.586. The standard InChI is InChI=1S/C55H33N5O/c1-4-16-34(17-5-1)53-56-54(35-28-31-47-43(32-35)38-22-10-13-25-45(38)59(47)36-18-6-2-7-19-36)58-55(57-53)44-33-48-50(42-24-11-14-26-46(42)60(48)37-20-8-3-9-21-37)51-40(44)29-30-41-39-23-12-15-27-49(39)61-52(41)51/h1-33H. The third-order valence-corrected chi connectivity index (χ3v) is 12.1. The fraction of sp³-hybridized carbons (Fsp3) is 0. The van der Waals surface area contributed by atoms with Crippen molar-refractivity contribution in [1.82, 2.24) is 24.1 Å². The van der Waals surface area contributed by atoms with E-state index in [1.165, 1.54) is 5.39 Å². The molecule has 0 N–H and O–H groups in total. The van der Waals surface area contributed by atoms with Gasteiger partial charge in [0.15, 0.2) is 17.5 Å². The number of para-hydroxylation sites is 5. The normalized spacial score (nSPS) is 11.9. The number of benzene rings is 9. The van der Waals surface area contributed by atoms with Crippen molar-refractivity contribution in [2.45, 2.75) is 0 Å². The molecule has 0 unspecified atom stereocenters. The molecule has 0 saturated heterocycles. The molecule has 0 atom stereocenters. The summed E-state index contributed by atoms with van der Waals surface area (Å²) >= 11 is 0. The first-order chi connectivity index (χ1) is 30.3. The van der Waals surface area contributed by atoms with E-state index >= 15 is 0 Å². The van der Waals surface area contributed by atoms with Crippen molar-refractivity contribution in [3.8, 4) is 45.5 Å². The molecule has 13 rings (SSSR count). The lowest BCUT2D eigenvalue weighted by Gasteiger charge is -2.13. The summed E-state index contributed by atoms with van der Waals surface area (Å²) in [6.07, 6.45) is 0. The van der Waals surface area contributed by atoms with Crippen LogP contribution in [0.2, 0.25) is 0 Å². The molecule has 4 heterocycles. The van der Waals surface area contributed by atoms with Gasteiger partial charge in [-0.05, 0) is 78.2 Å². The van der Waals surface area contributed by atoms with Gasteiger partial charge in [-0.15, -0.1) is 0 Å². The van der Waals surface area contributed by atoms with E-state index in [-0.39, 0.29) is 0 Å². The van der Waals surface area contributed by atoms with E-state index in [9.17, 15) is 0 Å². The molecule has 9 aromatic carbocycles. The summed E-state index contributed by atoms with van der Waals surface area (Å²) in [6.45, 7) is 0. The number of hydrogen-bond donors (Lipinski definition) is 0. The Kier molecular flexibility index (Phi) is 7.21. The Balaban J connectivity index is 1.14. The lowest BCUT2D eigenvalue weighted by atomic mass is 9.96. The Morgan fingerprint density at radius 2 is 0.869 bits per heavy atom. The zero-order chi connectivity index (χ0) is 40.0. The van der Waals surface area contributed by atoms with Crippen LogP contribution in [0.1, 0.15) is 0 Å². The lowest BCUT2D eigenvalue weighted by molar-refractivity contribution is 0.673. The second-order valence-corrected chi connectivity index (χ2v) is 15.6. The number of fused-ring (bicyclic) bond motifs is 12. The van der Waals surface area contributed by atoms with Gasteiger partial charge in [0.25, 0.3) is 0 Å². The average Bonchev–Trinajstić information content (AvgIpc) is 3.99. The summed E-state index contributed by atoms with van der Waals surface area (Å²) in [5, 5.41) is 8.77. The molecule has 284 valence electrons. The minimum Gasteiger partial charge on any atom is -0.455 e. The van der Waals surface area contributed by atoms with E-state index in [4.69, 9.17) is 19.4 Å². The molecule has 61 heavy (non-hydrogen) atoms. The number of nitrogens with zero attached hydrogens (tertiary/aromatic N) is 5. The first kappa shape index (κ1) is 33.6. The molecule has 0 aliphatic carbocycles. The fourth-order valence-corrected chi connectivity index (χ4v) is 9.48. The van der Waals surface area contributed by atoms with Gasteiger partial charge in [0.1, 0.15) is 11.2 Å². The zero-order valence-corrected chi connectivity index (χ0v) is 32.7. The molecule has 0 fully saturated rings. The van der Waals surface area contributed by atoms with Gasteiger partial charge >= 0.3 is 0 Å². The second kappa shape index (κ2) is 13.1. The van der Waals surface area contributed by atoms with Crippen LogP contribution >= 0.6 is 0 Å². The maximum absolute atomic E-state index is 6.86. The highest BCUT2D eigenvalue weighted by molar-refractivity contribution is 6.31. The number of hydrogen-bond acceptors (Lipinski definition) is 4. The van der Waals surface area contributed by atoms with Crippen LogP contribution in [0.3, 0.4) is 0 Å². The molecule has 0 amide bonds. The minimum absolute atomic E-state index is 0.586. The van der Waals surface area contributed by atoms with Gasteiger partial charge in [0, 0.05) is 65.8 Å². The van der Waals surface area contributed by atoms with E-state index in [1.807, 2.05) is 30.3 Å². The van der Waals surface area contributed by atoms with Gasteiger partial charge in [-0.1, -0.05) is 127 Å². The summed E-state index contributed by atoms with van der Waals surface area (Å²) in [6, 6.07) is 70.1. The average molecular weight is 780 g/mol. The molecule has 0 aliphatic rings. The van der Waals surface area contributed by atoms with Crippen molar-refractivity contribution < 1.29 is 4.42 Å². The van der Waals surface area contributed by atoms with Gasteiger partial charge in [-0.3, -0.25) is 0 Å². The number of rotatable bonds is 5. The number of aromatic nitrogens is 5. The van der Waals surface area contributed by atoms with E-state index in [2.05, 4.69) is 179 Å². The molecular formula is C55H33N5O. The first-order valence-corrected chi connectivity index (χ1v) is 20.5. The van der Waals surface area contributed by atoms with Crippen molar-refractivity contribution in [2.24, 2.45) is 0 Å². The topological polar surface area (TPSA) is 61.7 Å². The third-order valence-electron chi connectivity index (χ3n) is 12.1. The zero-order valence-electron chi connectivity index (χ0n) is 32.7. The summed E-state index contributed by atoms with van der Waals surface area (Å²) in [7, 11) is 0. The van der Waals surface area contributed by atoms with Crippen molar-refractivity contribution in [3.05, 3.63) is 200 Å². The van der Waals surface area contributed by atoms with Gasteiger partial charge < -0.3 is 13.6 Å². The molecule has 6 heteroatoms. The van der Waals surface area contributed by atoms with Crippen LogP contribution < -0.4 is 0 Å². The largest absolute Gasteiger partial charge is 0.455 e. The predicted octanol–water partition coefficient (Wildman–Crippen LogP) is 14.1. The highest BCUT2D eigenvalue weighted by atomic mass is 16.3. The van der Waals surface area contributed by atoms with Gasteiger partial charge in [0.05, 0.1) is 22.1 Å². The molecule has 0 radical (unpaired) electrons. The third kappa shape index (κ3) is 5.06. The van der Waals surface area contributed by atoms with Crippen LogP contribution in [0.5, 0.6) is 0 Å². The van der Waals surface area contributed by atoms with Crippen molar-refractivity contribution in [1.29, 1.82) is 0 Å². The SMILES string of the molecule is c1ccc(-c2nc(-c3ccc4c(c3)c3ccccc3n4-c3ccccc3)nc(-c3cc4c(c5ccccc5n4-c4ccccc4)c4c3ccc3c5ccccc5oc34)n2)cc1. The maximum atomic E-state index is 6.86. The maximum Gasteiger partial charge on any atom is 0.164 e. The van der Waals surface area contributed by atoms with E-state index in [1.54, 1.807) is 0 Å². The Labute approximate surface area is 349 Å². The van der Waals surface area contributed by atoms with Gasteiger partial charge in [-0.25, -0.2) is 15.0 Å². The Hall–Kier alpha value is -8.35. The molecule has 13 aromatic rings. The van der Waals surface area contributed by atoms with Crippen LogP contribution in [0.15, 0.2) is 205 Å². The predicted molar refractivity (Wildman–Crippen MR) is 250 cm³/mol. The molecule has 4 aromatic heterocycles. The lowest BCUT2D eigenvalue weighted by Crippen LogP contribution is -2.01. The van der Waals surface area contributed by atoms with Crippen LogP contribution in [0, 0.1) is 0 Å². The molecule has 0 aliphatic heterocycles. The molecular weight excluding hydrogens is 747 g/mol. The Morgan fingerprint density at radius 1 is 0.328 bits per heavy atom. The summed E-state index contributed by atoms with van der Waals surface area (Å²) in [5.41, 5.74) is 11.0. The van der Waals surface area contributed by atoms with Crippen LogP contribution in [0.4, 0.5) is 0 Å².